The van der Waals surface area contributed by atoms with E-state index >= 15 is 0 Å². The van der Waals surface area contributed by atoms with E-state index in [0.29, 0.717) is 22.8 Å². The standard InChI is InChI=1S/C19H22F2N4O2S/c1-4-16(26)25-15-9-13(7-8-22-15)18(27)24-12(2)14-5-6-17(23-10-14)28-11-19(3,20)21/h5-10,12H,4,11H2,1-3H3,(H,24,27)(H,22,25,26). The summed E-state index contributed by atoms with van der Waals surface area (Å²) < 4.78 is 25.8. The number of amides is 2. The predicted molar refractivity (Wildman–Crippen MR) is 105 cm³/mol. The molecule has 0 spiro atoms. The molecule has 0 aromatic carbocycles. The Morgan fingerprint density at radius 1 is 1.25 bits per heavy atom. The van der Waals surface area contributed by atoms with Gasteiger partial charge in [-0.1, -0.05) is 13.0 Å². The summed E-state index contributed by atoms with van der Waals surface area (Å²) in [7, 11) is 0. The summed E-state index contributed by atoms with van der Waals surface area (Å²) in [4.78, 5) is 32.1. The van der Waals surface area contributed by atoms with E-state index in [1.807, 2.05) is 0 Å². The Morgan fingerprint density at radius 3 is 2.61 bits per heavy atom. The maximum Gasteiger partial charge on any atom is 0.254 e. The van der Waals surface area contributed by atoms with E-state index < -0.39 is 5.92 Å². The highest BCUT2D eigenvalue weighted by atomic mass is 32.2. The first-order chi connectivity index (χ1) is 13.2. The molecule has 0 bridgehead atoms. The van der Waals surface area contributed by atoms with Crippen LogP contribution in [-0.2, 0) is 4.79 Å². The number of halogens is 2. The number of carbonyl (C=O) groups excluding carboxylic acids is 2. The molecule has 6 nitrogen and oxygen atoms in total. The summed E-state index contributed by atoms with van der Waals surface area (Å²) in [6, 6.07) is 6.10. The van der Waals surface area contributed by atoms with Gasteiger partial charge in [-0.25, -0.2) is 18.7 Å². The summed E-state index contributed by atoms with van der Waals surface area (Å²) in [5, 5.41) is 5.94. The van der Waals surface area contributed by atoms with Crippen molar-refractivity contribution in [2.24, 2.45) is 0 Å². The van der Waals surface area contributed by atoms with Crippen LogP contribution in [0.5, 0.6) is 0 Å². The molecule has 0 aliphatic heterocycles. The van der Waals surface area contributed by atoms with E-state index in [9.17, 15) is 18.4 Å². The van der Waals surface area contributed by atoms with Crippen molar-refractivity contribution < 1.29 is 18.4 Å². The van der Waals surface area contributed by atoms with Crippen LogP contribution < -0.4 is 10.6 Å². The first kappa shape index (κ1) is 21.7. The van der Waals surface area contributed by atoms with Crippen molar-refractivity contribution in [3.63, 3.8) is 0 Å². The topological polar surface area (TPSA) is 84.0 Å². The Kier molecular flexibility index (Phi) is 7.45. The molecule has 0 aliphatic rings. The second-order valence-corrected chi connectivity index (χ2v) is 7.31. The van der Waals surface area contributed by atoms with Crippen molar-refractivity contribution in [1.82, 2.24) is 15.3 Å². The minimum absolute atomic E-state index is 0.191. The van der Waals surface area contributed by atoms with Crippen molar-refractivity contribution >= 4 is 29.4 Å². The van der Waals surface area contributed by atoms with Gasteiger partial charge in [0, 0.05) is 31.3 Å². The number of alkyl halides is 2. The van der Waals surface area contributed by atoms with E-state index in [1.54, 1.807) is 38.2 Å². The fraction of sp³-hybridized carbons (Fsp3) is 0.368. The van der Waals surface area contributed by atoms with E-state index in [4.69, 9.17) is 0 Å². The number of thioether (sulfide) groups is 1. The smallest absolute Gasteiger partial charge is 0.254 e. The Hall–Kier alpha value is -2.55. The van der Waals surface area contributed by atoms with Crippen LogP contribution in [0, 0.1) is 0 Å². The lowest BCUT2D eigenvalue weighted by Gasteiger charge is -2.15. The number of nitrogens with one attached hydrogen (secondary N) is 2. The summed E-state index contributed by atoms with van der Waals surface area (Å²) in [5.74, 6) is -3.31. The molecule has 0 fully saturated rings. The molecule has 28 heavy (non-hydrogen) atoms. The first-order valence-corrected chi connectivity index (χ1v) is 9.70. The normalized spacial score (nSPS) is 12.3. The van der Waals surface area contributed by atoms with E-state index in [-0.39, 0.29) is 23.6 Å². The fourth-order valence-electron chi connectivity index (χ4n) is 2.17. The Morgan fingerprint density at radius 2 is 2.00 bits per heavy atom. The minimum atomic E-state index is -2.76. The van der Waals surface area contributed by atoms with Gasteiger partial charge in [0.05, 0.1) is 16.8 Å². The van der Waals surface area contributed by atoms with Crippen LogP contribution >= 0.6 is 11.8 Å². The molecule has 2 aromatic rings. The quantitative estimate of drug-likeness (QED) is 0.644. The summed E-state index contributed by atoms with van der Waals surface area (Å²) in [5.41, 5.74) is 1.10. The minimum Gasteiger partial charge on any atom is -0.345 e. The molecule has 2 rings (SSSR count). The molecule has 9 heteroatoms. The average molecular weight is 408 g/mol. The number of nitrogens with zero attached hydrogens (tertiary/aromatic N) is 2. The summed E-state index contributed by atoms with van der Waals surface area (Å²) in [6.07, 6.45) is 3.31. The monoisotopic (exact) mass is 408 g/mol. The van der Waals surface area contributed by atoms with Crippen LogP contribution in [0.3, 0.4) is 0 Å². The van der Waals surface area contributed by atoms with E-state index in [1.165, 1.54) is 12.3 Å². The van der Waals surface area contributed by atoms with Crippen LogP contribution in [0.25, 0.3) is 0 Å². The molecule has 1 unspecified atom stereocenters. The van der Waals surface area contributed by atoms with E-state index in [0.717, 1.165) is 24.2 Å². The van der Waals surface area contributed by atoms with Crippen molar-refractivity contribution in [1.29, 1.82) is 0 Å². The molecular formula is C19H22F2N4O2S. The van der Waals surface area contributed by atoms with Gasteiger partial charge < -0.3 is 10.6 Å². The van der Waals surface area contributed by atoms with Crippen LogP contribution in [0.2, 0.25) is 0 Å². The second kappa shape index (κ2) is 9.59. The molecule has 0 saturated heterocycles. The van der Waals surface area contributed by atoms with Crippen molar-refractivity contribution in [2.75, 3.05) is 11.1 Å². The highest BCUT2D eigenvalue weighted by Gasteiger charge is 2.21. The van der Waals surface area contributed by atoms with Crippen molar-refractivity contribution in [3.8, 4) is 0 Å². The lowest BCUT2D eigenvalue weighted by molar-refractivity contribution is -0.115. The number of hydrogen-bond acceptors (Lipinski definition) is 5. The highest BCUT2D eigenvalue weighted by Crippen LogP contribution is 2.25. The van der Waals surface area contributed by atoms with Gasteiger partial charge in [0.25, 0.3) is 11.8 Å². The zero-order chi connectivity index (χ0) is 20.7. The van der Waals surface area contributed by atoms with Gasteiger partial charge in [-0.05, 0) is 30.7 Å². The SMILES string of the molecule is CCC(=O)Nc1cc(C(=O)NC(C)c2ccc(SCC(C)(F)F)nc2)ccn1. The van der Waals surface area contributed by atoms with Gasteiger partial charge in [0.2, 0.25) is 5.91 Å². The molecule has 2 amide bonds. The summed E-state index contributed by atoms with van der Waals surface area (Å²) in [6.45, 7) is 4.38. The van der Waals surface area contributed by atoms with Crippen LogP contribution in [0.15, 0.2) is 41.7 Å². The van der Waals surface area contributed by atoms with Gasteiger partial charge >= 0.3 is 0 Å². The molecule has 150 valence electrons. The van der Waals surface area contributed by atoms with Gasteiger partial charge in [0.15, 0.2) is 0 Å². The number of aromatic nitrogens is 2. The molecule has 0 radical (unpaired) electrons. The lowest BCUT2D eigenvalue weighted by atomic mass is 10.1. The fourth-order valence-corrected chi connectivity index (χ4v) is 2.86. The predicted octanol–water partition coefficient (Wildman–Crippen LogP) is 4.06. The number of pyridine rings is 2. The lowest BCUT2D eigenvalue weighted by Crippen LogP contribution is -2.27. The van der Waals surface area contributed by atoms with Crippen molar-refractivity contribution in [3.05, 3.63) is 47.8 Å². The maximum atomic E-state index is 12.9. The molecule has 0 aliphatic carbocycles. The van der Waals surface area contributed by atoms with Gasteiger partial charge in [-0.15, -0.1) is 11.8 Å². The third kappa shape index (κ3) is 6.88. The number of carbonyl (C=O) groups is 2. The molecule has 2 heterocycles. The number of anilines is 1. The van der Waals surface area contributed by atoms with E-state index in [2.05, 4.69) is 20.6 Å². The Balaban J connectivity index is 1.98. The summed E-state index contributed by atoms with van der Waals surface area (Å²) >= 11 is 0.977. The zero-order valence-corrected chi connectivity index (χ0v) is 16.6. The van der Waals surface area contributed by atoms with Crippen LogP contribution in [0.4, 0.5) is 14.6 Å². The van der Waals surface area contributed by atoms with Crippen LogP contribution in [0.1, 0.15) is 49.2 Å². The average Bonchev–Trinajstić information content (AvgIpc) is 2.66. The van der Waals surface area contributed by atoms with Gasteiger partial charge in [0.1, 0.15) is 5.82 Å². The molecular weight excluding hydrogens is 386 g/mol. The largest absolute Gasteiger partial charge is 0.345 e. The molecule has 2 N–H and O–H groups in total. The third-order valence-electron chi connectivity index (χ3n) is 3.69. The molecule has 0 saturated carbocycles. The van der Waals surface area contributed by atoms with Crippen LogP contribution in [-0.4, -0.2) is 33.5 Å². The third-order valence-corrected chi connectivity index (χ3v) is 4.88. The molecule has 1 atom stereocenters. The Labute approximate surface area is 166 Å². The number of rotatable bonds is 8. The second-order valence-electron chi connectivity index (χ2n) is 6.32. The van der Waals surface area contributed by atoms with Gasteiger partial charge in [-0.3, -0.25) is 9.59 Å². The maximum absolute atomic E-state index is 12.9. The first-order valence-electron chi connectivity index (χ1n) is 8.71. The highest BCUT2D eigenvalue weighted by molar-refractivity contribution is 7.99. The Bertz CT molecular complexity index is 825. The molecule has 2 aromatic heterocycles. The number of hydrogen-bond donors (Lipinski definition) is 2. The van der Waals surface area contributed by atoms with Gasteiger partial charge in [-0.2, -0.15) is 0 Å². The van der Waals surface area contributed by atoms with Crippen molar-refractivity contribution in [2.45, 2.75) is 44.2 Å². The zero-order valence-electron chi connectivity index (χ0n) is 15.8.